The number of piperidine rings is 1. The number of halogens is 3. The Morgan fingerprint density at radius 1 is 1.06 bits per heavy atom. The number of hydrogen-bond donors (Lipinski definition) is 0. The molecule has 0 saturated carbocycles. The van der Waals surface area contributed by atoms with Gasteiger partial charge in [0.2, 0.25) is 0 Å². The van der Waals surface area contributed by atoms with Crippen LogP contribution in [0, 0.1) is 0 Å². The van der Waals surface area contributed by atoms with Crippen molar-refractivity contribution in [3.05, 3.63) is 24.3 Å². The number of ether oxygens (including phenoxy) is 2. The number of benzene rings is 1. The number of hydrogen-bond acceptors (Lipinski definition) is 2. The van der Waals surface area contributed by atoms with Crippen LogP contribution in [-0.2, 0) is 0 Å². The molecule has 99 valence electrons. The third-order valence-electron chi connectivity index (χ3n) is 2.59. The standard InChI is InChI=1S/C12H13F3NO2/c13-12(14,15)18-11-4-2-1-3-10(11)17-9-5-7-16-8-6-9/h1-4,9H,5-8H2. The summed E-state index contributed by atoms with van der Waals surface area (Å²) in [5.74, 6) is -0.172. The summed E-state index contributed by atoms with van der Waals surface area (Å²) in [6, 6.07) is 5.82. The number of alkyl halides is 3. The highest BCUT2D eigenvalue weighted by Gasteiger charge is 2.32. The van der Waals surface area contributed by atoms with Crippen molar-refractivity contribution in [2.75, 3.05) is 13.1 Å². The monoisotopic (exact) mass is 260 g/mol. The molecule has 0 unspecified atom stereocenters. The van der Waals surface area contributed by atoms with E-state index in [4.69, 9.17) is 4.74 Å². The zero-order valence-corrected chi connectivity index (χ0v) is 9.61. The van der Waals surface area contributed by atoms with Gasteiger partial charge in [-0.1, -0.05) is 12.1 Å². The minimum absolute atomic E-state index is 0.0968. The van der Waals surface area contributed by atoms with Gasteiger partial charge in [-0.3, -0.25) is 0 Å². The van der Waals surface area contributed by atoms with Gasteiger partial charge in [0.05, 0.1) is 0 Å². The Morgan fingerprint density at radius 2 is 1.67 bits per heavy atom. The second kappa shape index (κ2) is 5.48. The lowest BCUT2D eigenvalue weighted by atomic mass is 10.1. The van der Waals surface area contributed by atoms with E-state index in [0.29, 0.717) is 13.1 Å². The van der Waals surface area contributed by atoms with Gasteiger partial charge in [0.1, 0.15) is 6.10 Å². The molecule has 0 aromatic heterocycles. The predicted octanol–water partition coefficient (Wildman–Crippen LogP) is 2.73. The third-order valence-corrected chi connectivity index (χ3v) is 2.59. The fourth-order valence-corrected chi connectivity index (χ4v) is 1.78. The first-order valence-corrected chi connectivity index (χ1v) is 5.69. The van der Waals surface area contributed by atoms with Gasteiger partial charge < -0.3 is 9.47 Å². The molecule has 6 heteroatoms. The van der Waals surface area contributed by atoms with Gasteiger partial charge in [0.25, 0.3) is 0 Å². The van der Waals surface area contributed by atoms with Gasteiger partial charge in [-0.2, -0.15) is 0 Å². The molecule has 0 bridgehead atoms. The fraction of sp³-hybridized carbons (Fsp3) is 0.500. The molecule has 18 heavy (non-hydrogen) atoms. The molecular formula is C12H13F3NO2. The molecule has 0 spiro atoms. The highest BCUT2D eigenvalue weighted by Crippen LogP contribution is 2.33. The van der Waals surface area contributed by atoms with E-state index in [-0.39, 0.29) is 17.6 Å². The van der Waals surface area contributed by atoms with E-state index < -0.39 is 6.36 Å². The summed E-state index contributed by atoms with van der Waals surface area (Å²) in [4.78, 5) is 0. The minimum Gasteiger partial charge on any atom is -0.486 e. The van der Waals surface area contributed by atoms with E-state index in [2.05, 4.69) is 10.1 Å². The zero-order chi connectivity index (χ0) is 13.0. The molecule has 2 rings (SSSR count). The largest absolute Gasteiger partial charge is 0.573 e. The van der Waals surface area contributed by atoms with Crippen molar-refractivity contribution >= 4 is 0 Å². The molecule has 0 atom stereocenters. The summed E-state index contributed by atoms with van der Waals surface area (Å²) >= 11 is 0. The Bertz CT molecular complexity index is 389. The van der Waals surface area contributed by atoms with Crippen LogP contribution < -0.4 is 14.8 Å². The summed E-state index contributed by atoms with van der Waals surface area (Å²) in [5, 5.41) is 4.16. The van der Waals surface area contributed by atoms with Crippen LogP contribution in [0.4, 0.5) is 13.2 Å². The summed E-state index contributed by atoms with van der Waals surface area (Å²) < 4.78 is 46.1. The topological polar surface area (TPSA) is 32.6 Å². The lowest BCUT2D eigenvalue weighted by Gasteiger charge is -2.24. The predicted molar refractivity (Wildman–Crippen MR) is 58.6 cm³/mol. The zero-order valence-electron chi connectivity index (χ0n) is 9.61. The highest BCUT2D eigenvalue weighted by atomic mass is 19.4. The Hall–Kier alpha value is -1.43. The van der Waals surface area contributed by atoms with Crippen molar-refractivity contribution in [3.8, 4) is 11.5 Å². The van der Waals surface area contributed by atoms with Gasteiger partial charge in [0.15, 0.2) is 11.5 Å². The summed E-state index contributed by atoms with van der Waals surface area (Å²) in [6.07, 6.45) is -3.36. The Kier molecular flexibility index (Phi) is 3.96. The molecule has 1 aromatic carbocycles. The summed E-state index contributed by atoms with van der Waals surface area (Å²) in [5.41, 5.74) is 0. The van der Waals surface area contributed by atoms with E-state index in [9.17, 15) is 13.2 Å². The van der Waals surface area contributed by atoms with E-state index in [1.165, 1.54) is 18.2 Å². The van der Waals surface area contributed by atoms with Crippen LogP contribution in [0.2, 0.25) is 0 Å². The third kappa shape index (κ3) is 3.80. The molecule has 1 fully saturated rings. The molecule has 0 amide bonds. The highest BCUT2D eigenvalue weighted by molar-refractivity contribution is 5.39. The molecule has 0 N–H and O–H groups in total. The van der Waals surface area contributed by atoms with Crippen LogP contribution in [0.3, 0.4) is 0 Å². The quantitative estimate of drug-likeness (QED) is 0.837. The molecule has 1 saturated heterocycles. The van der Waals surface area contributed by atoms with Crippen LogP contribution in [0.1, 0.15) is 12.8 Å². The van der Waals surface area contributed by atoms with Gasteiger partial charge in [0, 0.05) is 13.1 Å². The first-order valence-electron chi connectivity index (χ1n) is 5.69. The van der Waals surface area contributed by atoms with Crippen LogP contribution in [0.25, 0.3) is 0 Å². The van der Waals surface area contributed by atoms with Gasteiger partial charge in [-0.25, -0.2) is 5.32 Å². The lowest BCUT2D eigenvalue weighted by molar-refractivity contribution is -0.275. The van der Waals surface area contributed by atoms with E-state index >= 15 is 0 Å². The normalized spacial score (nSPS) is 17.5. The number of para-hydroxylation sites is 2. The average molecular weight is 260 g/mol. The lowest BCUT2D eigenvalue weighted by Crippen LogP contribution is -2.30. The maximum Gasteiger partial charge on any atom is 0.573 e. The van der Waals surface area contributed by atoms with Gasteiger partial charge in [-0.05, 0) is 25.0 Å². The van der Waals surface area contributed by atoms with E-state index in [1.54, 1.807) is 6.07 Å². The number of nitrogens with zero attached hydrogens (tertiary/aromatic N) is 1. The van der Waals surface area contributed by atoms with Gasteiger partial charge in [-0.15, -0.1) is 13.2 Å². The van der Waals surface area contributed by atoms with Crippen LogP contribution >= 0.6 is 0 Å². The second-order valence-electron chi connectivity index (χ2n) is 3.98. The minimum atomic E-state index is -4.71. The maximum atomic E-state index is 12.2. The van der Waals surface area contributed by atoms with Crippen LogP contribution in [0.15, 0.2) is 24.3 Å². The summed E-state index contributed by atoms with van der Waals surface area (Å²) in [6.45, 7) is 1.37. The Balaban J connectivity index is 2.06. The molecule has 1 aromatic rings. The number of rotatable bonds is 3. The van der Waals surface area contributed by atoms with Crippen molar-refractivity contribution in [2.24, 2.45) is 0 Å². The molecule has 1 heterocycles. The maximum absolute atomic E-state index is 12.2. The van der Waals surface area contributed by atoms with Crippen molar-refractivity contribution in [1.82, 2.24) is 5.32 Å². The fourth-order valence-electron chi connectivity index (χ4n) is 1.78. The molecule has 1 radical (unpaired) electrons. The first kappa shape index (κ1) is 13.0. The van der Waals surface area contributed by atoms with E-state index in [0.717, 1.165) is 12.8 Å². The molecule has 0 aliphatic carbocycles. The smallest absolute Gasteiger partial charge is 0.486 e. The molecular weight excluding hydrogens is 247 g/mol. The van der Waals surface area contributed by atoms with Crippen molar-refractivity contribution in [3.63, 3.8) is 0 Å². The Morgan fingerprint density at radius 3 is 2.28 bits per heavy atom. The molecule has 3 nitrogen and oxygen atoms in total. The molecule has 1 aliphatic rings. The first-order chi connectivity index (χ1) is 8.54. The van der Waals surface area contributed by atoms with Crippen molar-refractivity contribution in [2.45, 2.75) is 25.3 Å². The van der Waals surface area contributed by atoms with Crippen LogP contribution in [-0.4, -0.2) is 25.6 Å². The van der Waals surface area contributed by atoms with Crippen molar-refractivity contribution < 1.29 is 22.6 Å². The van der Waals surface area contributed by atoms with E-state index in [1.807, 2.05) is 0 Å². The summed E-state index contributed by atoms with van der Waals surface area (Å²) in [7, 11) is 0. The second-order valence-corrected chi connectivity index (χ2v) is 3.98. The van der Waals surface area contributed by atoms with Gasteiger partial charge >= 0.3 is 6.36 Å². The molecule has 1 aliphatic heterocycles. The average Bonchev–Trinajstić information content (AvgIpc) is 2.31. The Labute approximate surface area is 103 Å². The SMILES string of the molecule is FC(F)(F)Oc1ccccc1OC1CC[N]CC1. The van der Waals surface area contributed by atoms with Crippen LogP contribution in [0.5, 0.6) is 11.5 Å². The van der Waals surface area contributed by atoms with Crippen molar-refractivity contribution in [1.29, 1.82) is 0 Å².